The maximum atomic E-state index is 13.1. The molecular weight excluding hydrogens is 738 g/mol. The van der Waals surface area contributed by atoms with Crippen LogP contribution in [0, 0.1) is 0 Å². The van der Waals surface area contributed by atoms with E-state index in [2.05, 4.69) is 15.9 Å². The van der Waals surface area contributed by atoms with E-state index in [1.807, 2.05) is 20.8 Å². The number of benzene rings is 2. The molecule has 2 N–H and O–H groups in total. The maximum Gasteiger partial charge on any atom is 0.537 e. The molecule has 17 heteroatoms. The number of hydrogen-bond donors (Lipinski definition) is 2. The molecule has 0 radical (unpaired) electrons. The summed E-state index contributed by atoms with van der Waals surface area (Å²) in [6.45, 7) is 15.5. The molecule has 0 fully saturated rings. The molecule has 0 heterocycles. The summed E-state index contributed by atoms with van der Waals surface area (Å²) in [6, 6.07) is 11.0. The Morgan fingerprint density at radius 1 is 0.617 bits per heavy atom. The van der Waals surface area contributed by atoms with Gasteiger partial charge in [0, 0.05) is 49.3 Å². The van der Waals surface area contributed by atoms with Gasteiger partial charge in [-0.25, -0.2) is 0 Å². The van der Waals surface area contributed by atoms with Crippen molar-refractivity contribution < 1.29 is 63.1 Å². The smallest absolute Gasteiger partial charge is 0.376 e. The van der Waals surface area contributed by atoms with Gasteiger partial charge in [0.05, 0.1) is 0 Å². The van der Waals surface area contributed by atoms with Crippen LogP contribution in [-0.2, 0) is 37.8 Å². The van der Waals surface area contributed by atoms with Gasteiger partial charge in [-0.3, -0.25) is 0 Å². The Labute approximate surface area is 284 Å². The van der Waals surface area contributed by atoms with Gasteiger partial charge in [0.25, 0.3) is 0 Å². The zero-order valence-corrected chi connectivity index (χ0v) is 31.7. The van der Waals surface area contributed by atoms with E-state index in [9.17, 15) is 36.6 Å². The SMILES string of the molecule is CC(O)(c1cccc(Br)c1)C(F)(F)F.CCO[SiH](OCC)OCC.CCO[Si](OCC)(OCC)c1cccc(C(C)(O)C(F)(F)F)c1. The van der Waals surface area contributed by atoms with Crippen LogP contribution >= 0.6 is 15.9 Å². The molecule has 0 amide bonds. The van der Waals surface area contributed by atoms with Crippen LogP contribution in [-0.4, -0.2) is 80.5 Å². The van der Waals surface area contributed by atoms with E-state index in [4.69, 9.17) is 26.6 Å². The quantitative estimate of drug-likeness (QED) is 0.152. The van der Waals surface area contributed by atoms with Gasteiger partial charge in [-0.15, -0.1) is 0 Å². The molecule has 0 bridgehead atoms. The third-order valence-corrected chi connectivity index (χ3v) is 11.5. The number of rotatable bonds is 15. The van der Waals surface area contributed by atoms with Crippen LogP contribution in [0.4, 0.5) is 26.3 Å². The predicted octanol–water partition coefficient (Wildman–Crippen LogP) is 6.74. The van der Waals surface area contributed by atoms with Gasteiger partial charge >= 0.3 is 30.7 Å². The lowest BCUT2D eigenvalue weighted by molar-refractivity contribution is -0.259. The van der Waals surface area contributed by atoms with Gasteiger partial charge in [0.1, 0.15) is 0 Å². The minimum Gasteiger partial charge on any atom is -0.376 e. The Kier molecular flexibility index (Phi) is 20.4. The van der Waals surface area contributed by atoms with E-state index in [-0.39, 0.29) is 11.1 Å². The van der Waals surface area contributed by atoms with Crippen molar-refractivity contribution in [1.29, 1.82) is 0 Å². The first-order valence-electron chi connectivity index (χ1n) is 15.0. The topological polar surface area (TPSA) is 95.8 Å². The van der Waals surface area contributed by atoms with Gasteiger partial charge < -0.3 is 36.8 Å². The van der Waals surface area contributed by atoms with E-state index in [1.165, 1.54) is 36.4 Å². The fourth-order valence-electron chi connectivity index (χ4n) is 3.63. The van der Waals surface area contributed by atoms with Crippen molar-refractivity contribution in [3.8, 4) is 0 Å². The lowest BCUT2D eigenvalue weighted by Crippen LogP contribution is -2.57. The number of halogens is 7. The second kappa shape index (κ2) is 21.0. The van der Waals surface area contributed by atoms with Crippen LogP contribution in [0.3, 0.4) is 0 Å². The van der Waals surface area contributed by atoms with Crippen LogP contribution in [0.2, 0.25) is 0 Å². The van der Waals surface area contributed by atoms with Crippen LogP contribution < -0.4 is 5.19 Å². The van der Waals surface area contributed by atoms with E-state index in [0.717, 1.165) is 13.8 Å². The highest BCUT2D eigenvalue weighted by Gasteiger charge is 2.53. The molecule has 8 nitrogen and oxygen atoms in total. The van der Waals surface area contributed by atoms with Crippen molar-refractivity contribution in [2.45, 2.75) is 78.9 Å². The van der Waals surface area contributed by atoms with Gasteiger partial charge in [-0.05, 0) is 84.7 Å². The second-order valence-corrected chi connectivity index (χ2v) is 14.8. The number of aliphatic hydroxyl groups is 2. The van der Waals surface area contributed by atoms with Crippen LogP contribution in [0.15, 0.2) is 53.0 Å². The van der Waals surface area contributed by atoms with Gasteiger partial charge in [-0.1, -0.05) is 46.3 Å². The Morgan fingerprint density at radius 3 is 1.30 bits per heavy atom. The van der Waals surface area contributed by atoms with Crippen molar-refractivity contribution in [2.24, 2.45) is 0 Å². The highest BCUT2D eigenvalue weighted by molar-refractivity contribution is 9.10. The van der Waals surface area contributed by atoms with Crippen LogP contribution in [0.5, 0.6) is 0 Å². The molecule has 2 atom stereocenters. The zero-order chi connectivity index (χ0) is 36.5. The first kappa shape index (κ1) is 45.6. The Morgan fingerprint density at radius 2 is 0.979 bits per heavy atom. The lowest BCUT2D eigenvalue weighted by atomic mass is 9.96. The first-order valence-corrected chi connectivity index (χ1v) is 18.9. The molecule has 0 aliphatic rings. The summed E-state index contributed by atoms with van der Waals surface area (Å²) in [5.41, 5.74) is -6.23. The molecule has 2 aromatic rings. The molecule has 2 aromatic carbocycles. The Hall–Kier alpha value is -1.39. The van der Waals surface area contributed by atoms with Crippen LogP contribution in [0.1, 0.15) is 66.5 Å². The van der Waals surface area contributed by atoms with E-state index in [0.29, 0.717) is 49.3 Å². The molecular formula is C30H47BrF6O8Si2. The highest BCUT2D eigenvalue weighted by Crippen LogP contribution is 2.39. The van der Waals surface area contributed by atoms with Crippen molar-refractivity contribution >= 4 is 39.4 Å². The Balaban J connectivity index is 0.000000748. The summed E-state index contributed by atoms with van der Waals surface area (Å²) in [6.07, 6.45) is -9.47. The van der Waals surface area contributed by atoms with Gasteiger partial charge in [-0.2, -0.15) is 26.3 Å². The molecule has 0 spiro atoms. The third kappa shape index (κ3) is 14.2. The third-order valence-electron chi connectivity index (χ3n) is 6.18. The van der Waals surface area contributed by atoms with E-state index in [1.54, 1.807) is 32.9 Å². The molecule has 47 heavy (non-hydrogen) atoms. The van der Waals surface area contributed by atoms with Crippen LogP contribution in [0.25, 0.3) is 0 Å². The second-order valence-electron chi connectivity index (χ2n) is 9.74. The number of alkyl halides is 6. The largest absolute Gasteiger partial charge is 0.537 e. The standard InChI is InChI=1S/C15H23F3O4Si.C9H8BrF3O.C6H16O3Si/c1-5-20-23(21-6-2,22-7-3)13-10-8-9-12(11-13)14(4,19)15(16,17)18;1-8(14,9(11,12)13)6-3-2-4-7(10)5-6;1-4-7-10(8-5-2)9-6-3/h8-11,19H,5-7H2,1-4H3;2-5,14H,1H3;10H,4-6H2,1-3H3. The summed E-state index contributed by atoms with van der Waals surface area (Å²) < 4.78 is 110. The summed E-state index contributed by atoms with van der Waals surface area (Å²) in [5, 5.41) is 19.6. The van der Waals surface area contributed by atoms with Gasteiger partial charge in [0.15, 0.2) is 11.2 Å². The Bertz CT molecular complexity index is 1120. The lowest BCUT2D eigenvalue weighted by Gasteiger charge is -2.31. The molecule has 272 valence electrons. The maximum absolute atomic E-state index is 13.1. The average molecular weight is 786 g/mol. The molecule has 2 unspecified atom stereocenters. The molecule has 0 aliphatic heterocycles. The molecule has 0 saturated heterocycles. The number of hydrogen-bond acceptors (Lipinski definition) is 8. The summed E-state index contributed by atoms with van der Waals surface area (Å²) in [7, 11) is -5.05. The zero-order valence-electron chi connectivity index (χ0n) is 27.9. The molecule has 0 aromatic heterocycles. The average Bonchev–Trinajstić information content (AvgIpc) is 2.97. The monoisotopic (exact) mass is 784 g/mol. The molecule has 0 saturated carbocycles. The normalized spacial score (nSPS) is 14.8. The predicted molar refractivity (Wildman–Crippen MR) is 174 cm³/mol. The summed E-state index contributed by atoms with van der Waals surface area (Å²) >= 11 is 3.04. The van der Waals surface area contributed by atoms with Crippen molar-refractivity contribution in [3.05, 3.63) is 64.1 Å². The highest BCUT2D eigenvalue weighted by atomic mass is 79.9. The van der Waals surface area contributed by atoms with Crippen molar-refractivity contribution in [3.63, 3.8) is 0 Å². The fourth-order valence-corrected chi connectivity index (χ4v) is 7.66. The van der Waals surface area contributed by atoms with E-state index >= 15 is 0 Å². The van der Waals surface area contributed by atoms with Gasteiger partial charge in [0.2, 0.25) is 0 Å². The minimum atomic E-state index is -4.79. The minimum absolute atomic E-state index is 0.181. The molecule has 0 aliphatic carbocycles. The molecule has 2 rings (SSSR count). The first-order chi connectivity index (χ1) is 21.7. The summed E-state index contributed by atoms with van der Waals surface area (Å²) in [4.78, 5) is 0. The fraction of sp³-hybridized carbons (Fsp3) is 0.600. The van der Waals surface area contributed by atoms with E-state index < -0.39 is 41.9 Å². The summed E-state index contributed by atoms with van der Waals surface area (Å²) in [5.74, 6) is 0. The van der Waals surface area contributed by atoms with Crippen molar-refractivity contribution in [2.75, 3.05) is 39.6 Å². The van der Waals surface area contributed by atoms with Crippen molar-refractivity contribution in [1.82, 2.24) is 0 Å².